The highest BCUT2D eigenvalue weighted by atomic mass is 15.2. The first-order valence-electron chi connectivity index (χ1n) is 8.09. The Morgan fingerprint density at radius 2 is 1.90 bits per heavy atom. The SMILES string of the molecule is CCN(c1ccc(C)cc1)C1(CN)CCCC(C)C1C. The van der Waals surface area contributed by atoms with Crippen molar-refractivity contribution in [2.24, 2.45) is 17.6 Å². The molecule has 3 atom stereocenters. The fourth-order valence-corrected chi connectivity index (χ4v) is 4.00. The summed E-state index contributed by atoms with van der Waals surface area (Å²) in [5.41, 5.74) is 9.06. The normalized spacial score (nSPS) is 30.2. The van der Waals surface area contributed by atoms with Crippen LogP contribution in [0.2, 0.25) is 0 Å². The number of hydrogen-bond donors (Lipinski definition) is 1. The lowest BCUT2D eigenvalue weighted by Crippen LogP contribution is -2.61. The third-order valence-corrected chi connectivity index (χ3v) is 5.52. The molecule has 2 heteroatoms. The maximum Gasteiger partial charge on any atom is 0.0552 e. The molecule has 0 amide bonds. The molecule has 112 valence electrons. The van der Waals surface area contributed by atoms with E-state index in [1.165, 1.54) is 30.5 Å². The molecule has 0 spiro atoms. The first kappa shape index (κ1) is 15.4. The minimum Gasteiger partial charge on any atom is -0.365 e. The van der Waals surface area contributed by atoms with Crippen LogP contribution in [-0.4, -0.2) is 18.6 Å². The number of benzene rings is 1. The van der Waals surface area contributed by atoms with Crippen LogP contribution in [0.25, 0.3) is 0 Å². The zero-order valence-corrected chi connectivity index (χ0v) is 13.5. The number of anilines is 1. The van der Waals surface area contributed by atoms with E-state index in [4.69, 9.17) is 5.73 Å². The summed E-state index contributed by atoms with van der Waals surface area (Å²) in [5.74, 6) is 1.40. The molecule has 1 fully saturated rings. The summed E-state index contributed by atoms with van der Waals surface area (Å²) in [5, 5.41) is 0. The molecule has 1 aliphatic rings. The lowest BCUT2D eigenvalue weighted by Gasteiger charge is -2.53. The zero-order chi connectivity index (χ0) is 14.8. The van der Waals surface area contributed by atoms with E-state index < -0.39 is 0 Å². The average molecular weight is 274 g/mol. The van der Waals surface area contributed by atoms with Crippen LogP contribution in [0, 0.1) is 18.8 Å². The molecule has 0 heterocycles. The van der Waals surface area contributed by atoms with Gasteiger partial charge in [0.25, 0.3) is 0 Å². The van der Waals surface area contributed by atoms with Crippen molar-refractivity contribution >= 4 is 5.69 Å². The van der Waals surface area contributed by atoms with Gasteiger partial charge in [-0.1, -0.05) is 44.4 Å². The monoisotopic (exact) mass is 274 g/mol. The van der Waals surface area contributed by atoms with E-state index in [1.807, 2.05) is 0 Å². The molecule has 3 unspecified atom stereocenters. The van der Waals surface area contributed by atoms with E-state index in [-0.39, 0.29) is 5.54 Å². The molecule has 2 rings (SSSR count). The number of nitrogens with zero attached hydrogens (tertiary/aromatic N) is 1. The summed E-state index contributed by atoms with van der Waals surface area (Å²) in [6.45, 7) is 11.0. The van der Waals surface area contributed by atoms with Crippen molar-refractivity contribution in [3.05, 3.63) is 29.8 Å². The smallest absolute Gasteiger partial charge is 0.0552 e. The topological polar surface area (TPSA) is 29.3 Å². The van der Waals surface area contributed by atoms with Crippen LogP contribution < -0.4 is 10.6 Å². The molecule has 1 aliphatic carbocycles. The van der Waals surface area contributed by atoms with Gasteiger partial charge in [-0.25, -0.2) is 0 Å². The van der Waals surface area contributed by atoms with Gasteiger partial charge >= 0.3 is 0 Å². The second-order valence-electron chi connectivity index (χ2n) is 6.55. The predicted molar refractivity (Wildman–Crippen MR) is 88.2 cm³/mol. The van der Waals surface area contributed by atoms with Crippen LogP contribution >= 0.6 is 0 Å². The predicted octanol–water partition coefficient (Wildman–Crippen LogP) is 3.97. The minimum absolute atomic E-state index is 0.127. The lowest BCUT2D eigenvalue weighted by molar-refractivity contribution is 0.140. The molecule has 1 aromatic carbocycles. The van der Waals surface area contributed by atoms with Gasteiger partial charge in [0.2, 0.25) is 0 Å². The molecular formula is C18H30N2. The highest BCUT2D eigenvalue weighted by Crippen LogP contribution is 2.42. The van der Waals surface area contributed by atoms with Gasteiger partial charge in [-0.15, -0.1) is 0 Å². The van der Waals surface area contributed by atoms with Crippen LogP contribution in [-0.2, 0) is 0 Å². The first-order chi connectivity index (χ1) is 9.55. The van der Waals surface area contributed by atoms with Gasteiger partial charge in [0.15, 0.2) is 0 Å². The summed E-state index contributed by atoms with van der Waals surface area (Å²) >= 11 is 0. The molecule has 1 saturated carbocycles. The van der Waals surface area contributed by atoms with Crippen molar-refractivity contribution in [1.29, 1.82) is 0 Å². The molecule has 0 bridgehead atoms. The molecule has 2 N–H and O–H groups in total. The van der Waals surface area contributed by atoms with Crippen molar-refractivity contribution in [1.82, 2.24) is 0 Å². The Kier molecular flexibility index (Phi) is 4.74. The quantitative estimate of drug-likeness (QED) is 0.900. The summed E-state index contributed by atoms with van der Waals surface area (Å²) in [4.78, 5) is 2.56. The average Bonchev–Trinajstić information content (AvgIpc) is 2.46. The maximum atomic E-state index is 6.29. The van der Waals surface area contributed by atoms with E-state index in [2.05, 4.69) is 56.9 Å². The number of rotatable bonds is 4. The number of nitrogens with two attached hydrogens (primary N) is 1. The molecule has 0 saturated heterocycles. The van der Waals surface area contributed by atoms with Crippen molar-refractivity contribution < 1.29 is 0 Å². The largest absolute Gasteiger partial charge is 0.365 e. The second-order valence-corrected chi connectivity index (χ2v) is 6.55. The Bertz CT molecular complexity index is 426. The lowest BCUT2D eigenvalue weighted by atomic mass is 9.67. The van der Waals surface area contributed by atoms with Crippen molar-refractivity contribution in [2.75, 3.05) is 18.0 Å². The standard InChI is InChI=1S/C18H30N2/c1-5-20(17-10-8-14(2)9-11-17)18(13-19)12-6-7-15(3)16(18)4/h8-11,15-16H,5-7,12-13,19H2,1-4H3. The minimum atomic E-state index is 0.127. The fraction of sp³-hybridized carbons (Fsp3) is 0.667. The Morgan fingerprint density at radius 3 is 2.45 bits per heavy atom. The number of likely N-dealkylation sites (N-methyl/N-ethyl adjacent to an activating group) is 1. The van der Waals surface area contributed by atoms with E-state index in [0.717, 1.165) is 19.0 Å². The highest BCUT2D eigenvalue weighted by molar-refractivity contribution is 5.51. The summed E-state index contributed by atoms with van der Waals surface area (Å²) in [7, 11) is 0. The molecular weight excluding hydrogens is 244 g/mol. The van der Waals surface area contributed by atoms with Crippen molar-refractivity contribution in [2.45, 2.75) is 52.5 Å². The van der Waals surface area contributed by atoms with Gasteiger partial charge in [0.05, 0.1) is 5.54 Å². The van der Waals surface area contributed by atoms with Crippen molar-refractivity contribution in [3.63, 3.8) is 0 Å². The van der Waals surface area contributed by atoms with Gasteiger partial charge in [-0.2, -0.15) is 0 Å². The van der Waals surface area contributed by atoms with E-state index in [9.17, 15) is 0 Å². The molecule has 20 heavy (non-hydrogen) atoms. The zero-order valence-electron chi connectivity index (χ0n) is 13.5. The third kappa shape index (κ3) is 2.58. The van der Waals surface area contributed by atoms with Gasteiger partial charge in [0, 0.05) is 18.8 Å². The van der Waals surface area contributed by atoms with Gasteiger partial charge in [-0.05, 0) is 44.2 Å². The Balaban J connectivity index is 2.38. The van der Waals surface area contributed by atoms with Gasteiger partial charge in [0.1, 0.15) is 0 Å². The number of aryl methyl sites for hydroxylation is 1. The van der Waals surface area contributed by atoms with Crippen LogP contribution in [0.15, 0.2) is 24.3 Å². The van der Waals surface area contributed by atoms with Crippen LogP contribution in [0.1, 0.15) is 45.6 Å². The van der Waals surface area contributed by atoms with Crippen molar-refractivity contribution in [3.8, 4) is 0 Å². The molecule has 0 aromatic heterocycles. The Hall–Kier alpha value is -1.02. The fourth-order valence-electron chi connectivity index (χ4n) is 4.00. The summed E-state index contributed by atoms with van der Waals surface area (Å²) in [6.07, 6.45) is 3.86. The van der Waals surface area contributed by atoms with Crippen LogP contribution in [0.5, 0.6) is 0 Å². The second kappa shape index (κ2) is 6.17. The Morgan fingerprint density at radius 1 is 1.25 bits per heavy atom. The third-order valence-electron chi connectivity index (χ3n) is 5.52. The number of hydrogen-bond acceptors (Lipinski definition) is 2. The molecule has 2 nitrogen and oxygen atoms in total. The van der Waals surface area contributed by atoms with Gasteiger partial charge in [-0.3, -0.25) is 0 Å². The first-order valence-corrected chi connectivity index (χ1v) is 8.09. The molecule has 0 aliphatic heterocycles. The summed E-state index contributed by atoms with van der Waals surface area (Å²) in [6, 6.07) is 8.92. The molecule has 0 radical (unpaired) electrons. The van der Waals surface area contributed by atoms with E-state index in [0.29, 0.717) is 5.92 Å². The van der Waals surface area contributed by atoms with E-state index in [1.54, 1.807) is 0 Å². The highest BCUT2D eigenvalue weighted by Gasteiger charge is 2.44. The molecule has 1 aromatic rings. The van der Waals surface area contributed by atoms with Crippen LogP contribution in [0.4, 0.5) is 5.69 Å². The summed E-state index contributed by atoms with van der Waals surface area (Å²) < 4.78 is 0. The van der Waals surface area contributed by atoms with Crippen LogP contribution in [0.3, 0.4) is 0 Å². The maximum absolute atomic E-state index is 6.29. The van der Waals surface area contributed by atoms with Gasteiger partial charge < -0.3 is 10.6 Å². The van der Waals surface area contributed by atoms with E-state index >= 15 is 0 Å². The Labute approximate surface area is 124 Å².